The molecule has 3 N–H and O–H groups in total. The average Bonchev–Trinajstić information content (AvgIpc) is 2.97. The van der Waals surface area contributed by atoms with E-state index >= 15 is 0 Å². The highest BCUT2D eigenvalue weighted by Crippen LogP contribution is 2.38. The smallest absolute Gasteiger partial charge is 0.404 e. The SMILES string of the molecule is Nc1cc(Cl)c(OC(F)(F)F)cc1C(=O)C=CN1[C@@H]2CC[C@H]1CC(Nc1ccc(F)cc1)C2. The average molecular weight is 484 g/mol. The van der Waals surface area contributed by atoms with E-state index in [2.05, 4.69) is 15.0 Å². The van der Waals surface area contributed by atoms with E-state index in [0.717, 1.165) is 43.5 Å². The number of nitrogen functional groups attached to an aromatic ring is 1. The molecule has 0 saturated carbocycles. The maximum Gasteiger partial charge on any atom is 0.573 e. The van der Waals surface area contributed by atoms with Gasteiger partial charge >= 0.3 is 6.36 Å². The number of nitrogens with two attached hydrogens (primary N) is 1. The van der Waals surface area contributed by atoms with Crippen LogP contribution in [-0.4, -0.2) is 35.2 Å². The van der Waals surface area contributed by atoms with Gasteiger partial charge < -0.3 is 20.7 Å². The second-order valence-corrected chi connectivity index (χ2v) is 8.66. The van der Waals surface area contributed by atoms with E-state index in [1.165, 1.54) is 18.2 Å². The standard InChI is InChI=1S/C23H22ClF4N3O2/c24-19-12-20(29)18(11-22(19)33-23(26,27)28)21(32)7-8-31-16-5-6-17(31)10-15(9-16)30-14-3-1-13(25)2-4-14/h1-4,7-8,11-12,15-17,30H,5-6,9-10,29H2/t15?,16-,17+. The van der Waals surface area contributed by atoms with Gasteiger partial charge in [-0.15, -0.1) is 13.2 Å². The van der Waals surface area contributed by atoms with Crippen molar-refractivity contribution < 1.29 is 27.1 Å². The van der Waals surface area contributed by atoms with E-state index in [-0.39, 0.29) is 40.2 Å². The molecule has 2 aliphatic heterocycles. The summed E-state index contributed by atoms with van der Waals surface area (Å²) in [4.78, 5) is 14.8. The number of piperidine rings is 1. The number of allylic oxidation sites excluding steroid dienone is 1. The van der Waals surface area contributed by atoms with Crippen molar-refractivity contribution in [3.05, 3.63) is 65.1 Å². The number of fused-ring (bicyclic) bond motifs is 2. The molecule has 3 atom stereocenters. The number of nitrogens with zero attached hydrogens (tertiary/aromatic N) is 1. The minimum Gasteiger partial charge on any atom is -0.404 e. The number of benzene rings is 2. The predicted molar refractivity (Wildman–Crippen MR) is 118 cm³/mol. The van der Waals surface area contributed by atoms with E-state index in [1.54, 1.807) is 18.3 Å². The molecule has 0 amide bonds. The fourth-order valence-electron chi connectivity index (χ4n) is 4.58. The van der Waals surface area contributed by atoms with Crippen LogP contribution in [0, 0.1) is 5.82 Å². The van der Waals surface area contributed by atoms with E-state index in [0.29, 0.717) is 0 Å². The zero-order chi connectivity index (χ0) is 23.8. The van der Waals surface area contributed by atoms with Gasteiger partial charge in [-0.05, 0) is 62.1 Å². The van der Waals surface area contributed by atoms with Gasteiger partial charge in [0.15, 0.2) is 5.78 Å². The van der Waals surface area contributed by atoms with Crippen LogP contribution >= 0.6 is 11.6 Å². The Morgan fingerprint density at radius 1 is 1.15 bits per heavy atom. The lowest BCUT2D eigenvalue weighted by Crippen LogP contribution is -2.44. The van der Waals surface area contributed by atoms with Gasteiger partial charge in [-0.2, -0.15) is 0 Å². The van der Waals surface area contributed by atoms with Crippen molar-refractivity contribution in [1.82, 2.24) is 4.90 Å². The molecule has 5 nitrogen and oxygen atoms in total. The van der Waals surface area contributed by atoms with Crippen LogP contribution in [-0.2, 0) is 0 Å². The Hall–Kier alpha value is -2.94. The largest absolute Gasteiger partial charge is 0.573 e. The van der Waals surface area contributed by atoms with Gasteiger partial charge in [-0.25, -0.2) is 4.39 Å². The van der Waals surface area contributed by atoms with Gasteiger partial charge in [0.05, 0.1) is 5.02 Å². The number of nitrogens with one attached hydrogen (secondary N) is 1. The van der Waals surface area contributed by atoms with Crippen LogP contribution in [0.2, 0.25) is 5.02 Å². The first-order valence-corrected chi connectivity index (χ1v) is 10.8. The van der Waals surface area contributed by atoms with Gasteiger partial charge in [0.25, 0.3) is 0 Å². The normalized spacial score (nSPS) is 22.6. The molecule has 2 aromatic carbocycles. The van der Waals surface area contributed by atoms with E-state index in [1.807, 2.05) is 0 Å². The first-order chi connectivity index (χ1) is 15.6. The monoisotopic (exact) mass is 483 g/mol. The summed E-state index contributed by atoms with van der Waals surface area (Å²) in [7, 11) is 0. The number of hydrogen-bond donors (Lipinski definition) is 2. The molecule has 2 aromatic rings. The summed E-state index contributed by atoms with van der Waals surface area (Å²) < 4.78 is 54.8. The second kappa shape index (κ2) is 9.13. The topological polar surface area (TPSA) is 67.6 Å². The zero-order valence-electron chi connectivity index (χ0n) is 17.4. The van der Waals surface area contributed by atoms with Crippen LogP contribution in [0.1, 0.15) is 36.0 Å². The Kier molecular flexibility index (Phi) is 6.43. The van der Waals surface area contributed by atoms with E-state index in [4.69, 9.17) is 17.3 Å². The summed E-state index contributed by atoms with van der Waals surface area (Å²) in [5, 5.41) is 3.10. The molecule has 33 heavy (non-hydrogen) atoms. The summed E-state index contributed by atoms with van der Waals surface area (Å²) in [6.45, 7) is 0. The van der Waals surface area contributed by atoms with Gasteiger partial charge in [0, 0.05) is 47.3 Å². The highest BCUT2D eigenvalue weighted by atomic mass is 35.5. The second-order valence-electron chi connectivity index (χ2n) is 8.25. The first kappa shape index (κ1) is 23.2. The van der Waals surface area contributed by atoms with E-state index in [9.17, 15) is 22.4 Å². The van der Waals surface area contributed by atoms with Gasteiger partial charge in [0.2, 0.25) is 0 Å². The molecule has 2 aliphatic rings. The highest BCUT2D eigenvalue weighted by Gasteiger charge is 2.39. The Morgan fingerprint density at radius 3 is 2.39 bits per heavy atom. The molecule has 2 bridgehead atoms. The minimum atomic E-state index is -4.94. The molecule has 10 heteroatoms. The summed E-state index contributed by atoms with van der Waals surface area (Å²) >= 11 is 5.77. The Bertz CT molecular complexity index is 1040. The molecule has 0 aliphatic carbocycles. The number of carbonyl (C=O) groups excluding carboxylic acids is 1. The molecule has 2 fully saturated rings. The Balaban J connectivity index is 1.43. The molecule has 2 heterocycles. The molecule has 176 valence electrons. The lowest BCUT2D eigenvalue weighted by atomic mass is 9.97. The number of alkyl halides is 3. The third-order valence-corrected chi connectivity index (χ3v) is 6.29. The molecule has 1 unspecified atom stereocenters. The molecule has 0 aromatic heterocycles. The van der Waals surface area contributed by atoms with Gasteiger partial charge in [0.1, 0.15) is 11.6 Å². The molecular weight excluding hydrogens is 462 g/mol. The molecular formula is C23H22ClF4N3O2. The zero-order valence-corrected chi connectivity index (χ0v) is 18.2. The first-order valence-electron chi connectivity index (χ1n) is 10.5. The maximum atomic E-state index is 13.1. The number of ketones is 1. The lowest BCUT2D eigenvalue weighted by Gasteiger charge is -2.39. The van der Waals surface area contributed by atoms with Crippen LogP contribution in [0.3, 0.4) is 0 Å². The fourth-order valence-corrected chi connectivity index (χ4v) is 4.80. The van der Waals surface area contributed by atoms with Gasteiger partial charge in [-0.3, -0.25) is 4.79 Å². The summed E-state index contributed by atoms with van der Waals surface area (Å²) in [5.41, 5.74) is 6.52. The van der Waals surface area contributed by atoms with Crippen molar-refractivity contribution in [3.63, 3.8) is 0 Å². The highest BCUT2D eigenvalue weighted by molar-refractivity contribution is 6.32. The number of rotatable bonds is 6. The summed E-state index contributed by atoms with van der Waals surface area (Å²) in [5.74, 6) is -1.51. The molecule has 4 rings (SSSR count). The Labute approximate surface area is 193 Å². The van der Waals surface area contributed by atoms with Crippen molar-refractivity contribution in [2.75, 3.05) is 11.1 Å². The predicted octanol–water partition coefficient (Wildman–Crippen LogP) is 5.76. The van der Waals surface area contributed by atoms with Crippen molar-refractivity contribution in [2.24, 2.45) is 0 Å². The maximum absolute atomic E-state index is 13.1. The van der Waals surface area contributed by atoms with Crippen LogP contribution in [0.25, 0.3) is 0 Å². The Morgan fingerprint density at radius 2 is 1.79 bits per heavy atom. The third-order valence-electron chi connectivity index (χ3n) is 6.00. The lowest BCUT2D eigenvalue weighted by molar-refractivity contribution is -0.274. The number of anilines is 2. The molecule has 2 saturated heterocycles. The number of ether oxygens (including phenoxy) is 1. The number of halogens is 5. The van der Waals surface area contributed by atoms with Crippen molar-refractivity contribution in [2.45, 2.75) is 50.2 Å². The fraction of sp³-hybridized carbons (Fsp3) is 0.348. The number of carbonyl (C=O) groups is 1. The van der Waals surface area contributed by atoms with E-state index < -0.39 is 17.9 Å². The summed E-state index contributed by atoms with van der Waals surface area (Å²) in [6.07, 6.45) is 1.70. The minimum absolute atomic E-state index is 0.0330. The van der Waals surface area contributed by atoms with Crippen molar-refractivity contribution >= 4 is 28.8 Å². The van der Waals surface area contributed by atoms with Gasteiger partial charge in [-0.1, -0.05) is 11.6 Å². The third kappa shape index (κ3) is 5.52. The molecule has 0 spiro atoms. The molecule has 0 radical (unpaired) electrons. The van der Waals surface area contributed by atoms with Crippen molar-refractivity contribution in [1.29, 1.82) is 0 Å². The van der Waals surface area contributed by atoms with Crippen molar-refractivity contribution in [3.8, 4) is 5.75 Å². The van der Waals surface area contributed by atoms with Crippen LogP contribution in [0.4, 0.5) is 28.9 Å². The quantitative estimate of drug-likeness (QED) is 0.236. The summed E-state index contributed by atoms with van der Waals surface area (Å²) in [6, 6.07) is 8.87. The van der Waals surface area contributed by atoms with Crippen LogP contribution < -0.4 is 15.8 Å². The van der Waals surface area contributed by atoms with Crippen LogP contribution in [0.15, 0.2) is 48.7 Å². The van der Waals surface area contributed by atoms with Crippen LogP contribution in [0.5, 0.6) is 5.75 Å². The number of hydrogen-bond acceptors (Lipinski definition) is 5.